The molecule has 0 aliphatic heterocycles. The number of fused-ring (bicyclic) bond motifs is 1. The van der Waals surface area contributed by atoms with E-state index in [1.165, 1.54) is 4.70 Å². The zero-order valence-electron chi connectivity index (χ0n) is 10.4. The van der Waals surface area contributed by atoms with Crippen molar-refractivity contribution in [3.63, 3.8) is 0 Å². The van der Waals surface area contributed by atoms with Gasteiger partial charge in [-0.3, -0.25) is 0 Å². The Morgan fingerprint density at radius 3 is 3.00 bits per heavy atom. The maximum Gasteiger partial charge on any atom is 0.332 e. The van der Waals surface area contributed by atoms with Crippen LogP contribution < -0.4 is 11.2 Å². The summed E-state index contributed by atoms with van der Waals surface area (Å²) in [6.07, 6.45) is 0.704. The summed E-state index contributed by atoms with van der Waals surface area (Å²) in [5.41, 5.74) is 9.11. The van der Waals surface area contributed by atoms with Gasteiger partial charge in [0.2, 0.25) is 0 Å². The van der Waals surface area contributed by atoms with Gasteiger partial charge in [0.25, 0.3) is 0 Å². The SMILES string of the molecule is C/C(CCn1c(=S)sc2ccccc21)=N/NC(N)=O. The van der Waals surface area contributed by atoms with Crippen molar-refractivity contribution in [2.75, 3.05) is 0 Å². The number of rotatable bonds is 4. The number of amides is 2. The van der Waals surface area contributed by atoms with Crippen LogP contribution in [0, 0.1) is 3.95 Å². The molecule has 19 heavy (non-hydrogen) atoms. The van der Waals surface area contributed by atoms with Crippen molar-refractivity contribution >= 4 is 45.5 Å². The number of carbonyl (C=O) groups is 1. The molecule has 0 radical (unpaired) electrons. The third kappa shape index (κ3) is 3.39. The minimum absolute atomic E-state index is 0.656. The number of aryl methyl sites for hydroxylation is 1. The van der Waals surface area contributed by atoms with E-state index >= 15 is 0 Å². The Kier molecular flexibility index (Phi) is 4.28. The van der Waals surface area contributed by atoms with E-state index in [1.807, 2.05) is 19.1 Å². The fourth-order valence-electron chi connectivity index (χ4n) is 1.71. The van der Waals surface area contributed by atoms with Gasteiger partial charge < -0.3 is 10.3 Å². The molecule has 1 heterocycles. The number of hydrogen-bond acceptors (Lipinski definition) is 4. The Morgan fingerprint density at radius 1 is 1.53 bits per heavy atom. The van der Waals surface area contributed by atoms with Gasteiger partial charge in [0, 0.05) is 18.7 Å². The molecule has 2 rings (SSSR count). The molecule has 0 unspecified atom stereocenters. The quantitative estimate of drug-likeness (QED) is 0.517. The lowest BCUT2D eigenvalue weighted by Gasteiger charge is -2.04. The largest absolute Gasteiger partial charge is 0.350 e. The Hall–Kier alpha value is -1.73. The number of aromatic nitrogens is 1. The average molecular weight is 294 g/mol. The lowest BCUT2D eigenvalue weighted by atomic mass is 10.3. The average Bonchev–Trinajstić information content (AvgIpc) is 2.69. The van der Waals surface area contributed by atoms with Gasteiger partial charge in [0.15, 0.2) is 3.95 Å². The number of urea groups is 1. The Balaban J connectivity index is 2.14. The molecule has 0 aliphatic carbocycles. The minimum Gasteiger partial charge on any atom is -0.350 e. The molecule has 2 aromatic rings. The van der Waals surface area contributed by atoms with Gasteiger partial charge in [-0.15, -0.1) is 11.3 Å². The van der Waals surface area contributed by atoms with E-state index < -0.39 is 6.03 Å². The molecule has 0 atom stereocenters. The van der Waals surface area contributed by atoms with Gasteiger partial charge in [-0.1, -0.05) is 12.1 Å². The maximum absolute atomic E-state index is 10.5. The first-order chi connectivity index (χ1) is 9.08. The van der Waals surface area contributed by atoms with Gasteiger partial charge in [-0.2, -0.15) is 5.10 Å². The highest BCUT2D eigenvalue weighted by molar-refractivity contribution is 7.73. The van der Waals surface area contributed by atoms with E-state index in [4.69, 9.17) is 18.0 Å². The molecule has 0 saturated heterocycles. The van der Waals surface area contributed by atoms with Gasteiger partial charge >= 0.3 is 6.03 Å². The number of nitrogens with one attached hydrogen (secondary N) is 1. The van der Waals surface area contributed by atoms with Crippen molar-refractivity contribution in [1.29, 1.82) is 0 Å². The molecule has 7 heteroatoms. The van der Waals surface area contributed by atoms with Crippen LogP contribution in [0.5, 0.6) is 0 Å². The number of nitrogens with two attached hydrogens (primary N) is 1. The van der Waals surface area contributed by atoms with Crippen LogP contribution in [0.2, 0.25) is 0 Å². The second-order valence-corrected chi connectivity index (χ2v) is 5.74. The van der Waals surface area contributed by atoms with Crippen LogP contribution in [0.15, 0.2) is 29.4 Å². The van der Waals surface area contributed by atoms with E-state index in [0.717, 1.165) is 21.7 Å². The smallest absolute Gasteiger partial charge is 0.332 e. The first kappa shape index (κ1) is 13.7. The summed E-state index contributed by atoms with van der Waals surface area (Å²) in [4.78, 5) is 10.5. The van der Waals surface area contributed by atoms with Crippen LogP contribution in [0.3, 0.4) is 0 Å². The van der Waals surface area contributed by atoms with Crippen molar-refractivity contribution in [2.24, 2.45) is 10.8 Å². The topological polar surface area (TPSA) is 72.4 Å². The molecule has 5 nitrogen and oxygen atoms in total. The summed E-state index contributed by atoms with van der Waals surface area (Å²) in [5, 5.41) is 3.88. The first-order valence-electron chi connectivity index (χ1n) is 5.75. The van der Waals surface area contributed by atoms with Gasteiger partial charge in [-0.25, -0.2) is 10.2 Å². The lowest BCUT2D eigenvalue weighted by molar-refractivity contribution is 0.249. The van der Waals surface area contributed by atoms with E-state index in [9.17, 15) is 4.79 Å². The van der Waals surface area contributed by atoms with Crippen molar-refractivity contribution in [3.05, 3.63) is 28.2 Å². The van der Waals surface area contributed by atoms with Crippen molar-refractivity contribution in [2.45, 2.75) is 19.9 Å². The molecule has 100 valence electrons. The highest BCUT2D eigenvalue weighted by Gasteiger charge is 2.04. The Morgan fingerprint density at radius 2 is 2.26 bits per heavy atom. The normalized spacial score (nSPS) is 11.7. The molecular weight excluding hydrogens is 280 g/mol. The summed E-state index contributed by atoms with van der Waals surface area (Å²) in [6, 6.07) is 7.45. The highest BCUT2D eigenvalue weighted by atomic mass is 32.1. The van der Waals surface area contributed by atoms with Gasteiger partial charge in [-0.05, 0) is 31.3 Å². The Bertz CT molecular complexity index is 686. The number of hydrazone groups is 1. The third-order valence-electron chi connectivity index (χ3n) is 2.63. The standard InChI is InChI=1S/C12H14N4OS2/c1-8(14-15-11(13)17)6-7-16-9-4-2-3-5-10(9)19-12(16)18/h2-5H,6-7H2,1H3,(H3,13,15,17)/b14-8-. The fraction of sp³-hybridized carbons (Fsp3) is 0.250. The van der Waals surface area contributed by atoms with Crippen LogP contribution in [-0.4, -0.2) is 16.3 Å². The minimum atomic E-state index is -0.656. The zero-order valence-corrected chi connectivity index (χ0v) is 12.1. The predicted octanol–water partition coefficient (Wildman–Crippen LogP) is 2.87. The second-order valence-electron chi connectivity index (χ2n) is 4.06. The van der Waals surface area contributed by atoms with E-state index in [2.05, 4.69) is 27.2 Å². The van der Waals surface area contributed by atoms with Crippen molar-refractivity contribution in [1.82, 2.24) is 9.99 Å². The number of primary amides is 1. The number of thiazole rings is 1. The van der Waals surface area contributed by atoms with Crippen LogP contribution in [0.25, 0.3) is 10.2 Å². The lowest BCUT2D eigenvalue weighted by Crippen LogP contribution is -2.25. The molecule has 0 aliphatic rings. The predicted molar refractivity (Wildman–Crippen MR) is 81.1 cm³/mol. The number of carbonyl (C=O) groups excluding carboxylic acids is 1. The Labute approximate surface area is 119 Å². The summed E-state index contributed by atoms with van der Waals surface area (Å²) in [7, 11) is 0. The highest BCUT2D eigenvalue weighted by Crippen LogP contribution is 2.22. The maximum atomic E-state index is 10.5. The van der Waals surface area contributed by atoms with Gasteiger partial charge in [0.05, 0.1) is 10.2 Å². The van der Waals surface area contributed by atoms with Crippen LogP contribution >= 0.6 is 23.6 Å². The monoisotopic (exact) mass is 294 g/mol. The molecule has 0 bridgehead atoms. The summed E-state index contributed by atoms with van der Waals surface area (Å²) < 4.78 is 4.10. The number of para-hydroxylation sites is 1. The van der Waals surface area contributed by atoms with E-state index in [1.54, 1.807) is 11.3 Å². The van der Waals surface area contributed by atoms with Crippen molar-refractivity contribution in [3.8, 4) is 0 Å². The second kappa shape index (κ2) is 5.94. The van der Waals surface area contributed by atoms with Crippen LogP contribution in [0.1, 0.15) is 13.3 Å². The van der Waals surface area contributed by atoms with Crippen molar-refractivity contribution < 1.29 is 4.79 Å². The molecule has 1 aromatic heterocycles. The van der Waals surface area contributed by atoms with E-state index in [-0.39, 0.29) is 0 Å². The summed E-state index contributed by atoms with van der Waals surface area (Å²) in [6.45, 7) is 2.58. The molecule has 0 fully saturated rings. The number of nitrogens with zero attached hydrogens (tertiary/aromatic N) is 2. The zero-order chi connectivity index (χ0) is 13.8. The van der Waals surface area contributed by atoms with Crippen LogP contribution in [0.4, 0.5) is 4.79 Å². The number of hydrogen-bond donors (Lipinski definition) is 2. The third-order valence-corrected chi connectivity index (χ3v) is 4.06. The molecule has 0 saturated carbocycles. The molecule has 1 aromatic carbocycles. The summed E-state index contributed by atoms with van der Waals surface area (Å²) in [5.74, 6) is 0. The first-order valence-corrected chi connectivity index (χ1v) is 6.97. The number of benzene rings is 1. The van der Waals surface area contributed by atoms with E-state index in [0.29, 0.717) is 6.42 Å². The molecule has 0 spiro atoms. The molecular formula is C12H14N4OS2. The molecule has 2 amide bonds. The van der Waals surface area contributed by atoms with Crippen LogP contribution in [-0.2, 0) is 6.54 Å². The fourth-order valence-corrected chi connectivity index (χ4v) is 3.08. The van der Waals surface area contributed by atoms with Gasteiger partial charge in [0.1, 0.15) is 0 Å². The molecule has 3 N–H and O–H groups in total. The summed E-state index contributed by atoms with van der Waals surface area (Å²) >= 11 is 6.96.